The van der Waals surface area contributed by atoms with Gasteiger partial charge in [-0.3, -0.25) is 0 Å². The van der Waals surface area contributed by atoms with Crippen LogP contribution in [0.4, 0.5) is 5.95 Å². The summed E-state index contributed by atoms with van der Waals surface area (Å²) in [5.41, 5.74) is 4.51. The highest BCUT2D eigenvalue weighted by Crippen LogP contribution is 2.25. The number of imidazole rings is 1. The van der Waals surface area contributed by atoms with E-state index in [1.54, 1.807) is 6.07 Å². The lowest BCUT2D eigenvalue weighted by Crippen LogP contribution is -2.26. The number of aliphatic hydroxyl groups excluding tert-OH is 1. The van der Waals surface area contributed by atoms with E-state index in [1.807, 2.05) is 73.7 Å². The van der Waals surface area contributed by atoms with Crippen LogP contribution in [0.5, 0.6) is 5.75 Å². The number of aliphatic hydroxyl groups is 1. The fourth-order valence-corrected chi connectivity index (χ4v) is 3.97. The van der Waals surface area contributed by atoms with E-state index in [-0.39, 0.29) is 18.8 Å². The summed E-state index contributed by atoms with van der Waals surface area (Å²) >= 11 is 0. The molecule has 34 heavy (non-hydrogen) atoms. The Morgan fingerprint density at radius 1 is 1.09 bits per heavy atom. The molecule has 1 atom stereocenters. The van der Waals surface area contributed by atoms with Gasteiger partial charge in [0.2, 0.25) is 5.95 Å². The lowest BCUT2D eigenvalue weighted by atomic mass is 10.00. The molecule has 7 heteroatoms. The third-order valence-corrected chi connectivity index (χ3v) is 5.82. The fourth-order valence-electron chi connectivity index (χ4n) is 3.97. The molecule has 1 unspecified atom stereocenters. The second-order valence-electron chi connectivity index (χ2n) is 8.26. The largest absolute Gasteiger partial charge is 0.491 e. The number of nitrogens with zero attached hydrogens (tertiary/aromatic N) is 1. The zero-order chi connectivity index (χ0) is 23.5. The number of fused-ring (bicyclic) bond motifs is 2. The molecule has 0 fully saturated rings. The molecule has 0 radical (unpaired) electrons. The number of anilines is 1. The second-order valence-corrected chi connectivity index (χ2v) is 8.26. The quantitative estimate of drug-likeness (QED) is 0.300. The molecule has 172 valence electrons. The van der Waals surface area contributed by atoms with Gasteiger partial charge < -0.3 is 24.6 Å². The van der Waals surface area contributed by atoms with Crippen LogP contribution in [0.1, 0.15) is 16.7 Å². The Hall–Kier alpha value is -4.10. The Morgan fingerprint density at radius 2 is 1.88 bits per heavy atom. The van der Waals surface area contributed by atoms with Crippen molar-refractivity contribution in [2.75, 3.05) is 18.5 Å². The van der Waals surface area contributed by atoms with Crippen molar-refractivity contribution < 1.29 is 14.3 Å². The van der Waals surface area contributed by atoms with Crippen LogP contribution in [0.3, 0.4) is 0 Å². The number of hydrogen-bond donors (Lipinski definition) is 3. The first-order valence-corrected chi connectivity index (χ1v) is 11.2. The number of rotatable bonds is 8. The molecule has 0 bridgehead atoms. The van der Waals surface area contributed by atoms with Crippen LogP contribution in [0.25, 0.3) is 22.0 Å². The van der Waals surface area contributed by atoms with E-state index in [9.17, 15) is 9.90 Å². The summed E-state index contributed by atoms with van der Waals surface area (Å²) in [6.45, 7) is 2.28. The number of para-hydroxylation sites is 2. The summed E-state index contributed by atoms with van der Waals surface area (Å²) in [6, 6.07) is 23.0. The van der Waals surface area contributed by atoms with Gasteiger partial charge in [-0.2, -0.15) is 0 Å². The minimum absolute atomic E-state index is 0.0774. The van der Waals surface area contributed by atoms with Crippen molar-refractivity contribution in [1.29, 1.82) is 0 Å². The maximum Gasteiger partial charge on any atom is 0.340 e. The standard InChI is InChI=1S/C27H25N3O4/c1-17-21-12-11-20(14-25(21)34-26(32)22(17)13-18-7-3-2-4-8-18)33-16-19(31)15-28-27-29-23-9-5-6-10-24(23)30-27/h2-12,14,19,31H,13,15-16H2,1H3,(H2,28,29,30). The molecule has 0 aliphatic heterocycles. The molecule has 0 saturated heterocycles. The van der Waals surface area contributed by atoms with Crippen molar-refractivity contribution in [1.82, 2.24) is 9.97 Å². The van der Waals surface area contributed by atoms with Crippen LogP contribution in [0, 0.1) is 6.92 Å². The SMILES string of the molecule is Cc1c(Cc2ccccc2)c(=O)oc2cc(OCC(O)CNc3nc4ccccc4[nH]3)ccc12. The maximum atomic E-state index is 12.7. The molecule has 0 aliphatic carbocycles. The topological polar surface area (TPSA) is 100 Å². The lowest BCUT2D eigenvalue weighted by Gasteiger charge is -2.14. The highest BCUT2D eigenvalue weighted by molar-refractivity contribution is 5.82. The molecule has 0 amide bonds. The number of ether oxygens (including phenoxy) is 1. The lowest BCUT2D eigenvalue weighted by molar-refractivity contribution is 0.117. The van der Waals surface area contributed by atoms with Gasteiger partial charge in [0, 0.05) is 30.0 Å². The predicted octanol–water partition coefficient (Wildman–Crippen LogP) is 4.42. The first-order chi connectivity index (χ1) is 16.6. The van der Waals surface area contributed by atoms with E-state index in [0.717, 1.165) is 27.5 Å². The Bertz CT molecular complexity index is 1460. The molecule has 2 heterocycles. The van der Waals surface area contributed by atoms with Crippen LogP contribution >= 0.6 is 0 Å². The average Bonchev–Trinajstić information content (AvgIpc) is 3.27. The van der Waals surface area contributed by atoms with Crippen molar-refractivity contribution in [3.63, 3.8) is 0 Å². The van der Waals surface area contributed by atoms with Crippen molar-refractivity contribution >= 4 is 28.0 Å². The number of aryl methyl sites for hydroxylation is 1. The first kappa shape index (κ1) is 21.7. The van der Waals surface area contributed by atoms with E-state index in [2.05, 4.69) is 15.3 Å². The monoisotopic (exact) mass is 455 g/mol. The van der Waals surface area contributed by atoms with Crippen molar-refractivity contribution in [3.8, 4) is 5.75 Å². The molecule has 5 aromatic rings. The number of aromatic amines is 1. The normalized spacial score (nSPS) is 12.2. The third-order valence-electron chi connectivity index (χ3n) is 5.82. The van der Waals surface area contributed by atoms with Crippen LogP contribution in [-0.4, -0.2) is 34.3 Å². The maximum absolute atomic E-state index is 12.7. The molecular weight excluding hydrogens is 430 g/mol. The summed E-state index contributed by atoms with van der Waals surface area (Å²) in [7, 11) is 0. The van der Waals surface area contributed by atoms with Gasteiger partial charge in [-0.25, -0.2) is 9.78 Å². The van der Waals surface area contributed by atoms with Crippen molar-refractivity contribution in [2.24, 2.45) is 0 Å². The summed E-state index contributed by atoms with van der Waals surface area (Å²) in [5.74, 6) is 1.11. The number of H-pyrrole nitrogens is 1. The highest BCUT2D eigenvalue weighted by atomic mass is 16.5. The van der Waals surface area contributed by atoms with Crippen molar-refractivity contribution in [3.05, 3.63) is 99.9 Å². The van der Waals surface area contributed by atoms with Gasteiger partial charge in [-0.05, 0) is 42.3 Å². The molecule has 0 saturated carbocycles. The van der Waals surface area contributed by atoms with E-state index >= 15 is 0 Å². The highest BCUT2D eigenvalue weighted by Gasteiger charge is 2.14. The Labute approximate surface area is 196 Å². The van der Waals surface area contributed by atoms with Gasteiger partial charge in [0.05, 0.1) is 11.0 Å². The van der Waals surface area contributed by atoms with Crippen LogP contribution in [-0.2, 0) is 6.42 Å². The molecule has 3 aromatic carbocycles. The summed E-state index contributed by atoms with van der Waals surface area (Å²) in [6.07, 6.45) is -0.237. The number of benzene rings is 3. The van der Waals surface area contributed by atoms with Gasteiger partial charge in [0.25, 0.3) is 0 Å². The summed E-state index contributed by atoms with van der Waals surface area (Å²) in [5, 5.41) is 14.3. The van der Waals surface area contributed by atoms with E-state index < -0.39 is 6.10 Å². The molecule has 2 aromatic heterocycles. The Morgan fingerprint density at radius 3 is 2.71 bits per heavy atom. The van der Waals surface area contributed by atoms with Crippen LogP contribution < -0.4 is 15.7 Å². The van der Waals surface area contributed by atoms with Gasteiger partial charge in [0.1, 0.15) is 24.0 Å². The minimum Gasteiger partial charge on any atom is -0.491 e. The smallest absolute Gasteiger partial charge is 0.340 e. The Kier molecular flexibility index (Phi) is 6.01. The van der Waals surface area contributed by atoms with Crippen LogP contribution in [0.15, 0.2) is 82.0 Å². The summed E-state index contributed by atoms with van der Waals surface area (Å²) in [4.78, 5) is 20.2. The van der Waals surface area contributed by atoms with Gasteiger partial charge >= 0.3 is 5.63 Å². The zero-order valence-corrected chi connectivity index (χ0v) is 18.7. The Balaban J connectivity index is 1.24. The van der Waals surface area contributed by atoms with Gasteiger partial charge in [-0.1, -0.05) is 42.5 Å². The number of aromatic nitrogens is 2. The number of hydrogen-bond acceptors (Lipinski definition) is 6. The molecule has 5 rings (SSSR count). The fraction of sp³-hybridized carbons (Fsp3) is 0.185. The van der Waals surface area contributed by atoms with E-state index in [0.29, 0.717) is 29.3 Å². The average molecular weight is 456 g/mol. The molecular formula is C27H25N3O4. The van der Waals surface area contributed by atoms with Gasteiger partial charge in [-0.15, -0.1) is 0 Å². The van der Waals surface area contributed by atoms with Gasteiger partial charge in [0.15, 0.2) is 0 Å². The van der Waals surface area contributed by atoms with E-state index in [1.165, 1.54) is 0 Å². The number of nitrogens with one attached hydrogen (secondary N) is 2. The molecule has 0 aliphatic rings. The predicted molar refractivity (Wildman–Crippen MR) is 133 cm³/mol. The molecule has 7 nitrogen and oxygen atoms in total. The summed E-state index contributed by atoms with van der Waals surface area (Å²) < 4.78 is 11.4. The van der Waals surface area contributed by atoms with Crippen LogP contribution in [0.2, 0.25) is 0 Å². The first-order valence-electron chi connectivity index (χ1n) is 11.2. The third kappa shape index (κ3) is 4.65. The van der Waals surface area contributed by atoms with E-state index in [4.69, 9.17) is 9.15 Å². The molecule has 3 N–H and O–H groups in total. The second kappa shape index (κ2) is 9.41. The molecule has 0 spiro atoms. The minimum atomic E-state index is -0.758. The van der Waals surface area contributed by atoms with Crippen molar-refractivity contribution in [2.45, 2.75) is 19.4 Å². The zero-order valence-electron chi connectivity index (χ0n) is 18.7.